The minimum atomic E-state index is -0.327. The number of carbonyl (C=O) groups excluding carboxylic acids is 1. The lowest BCUT2D eigenvalue weighted by Crippen LogP contribution is -2.42. The Kier molecular flexibility index (Phi) is 7.52. The maximum atomic E-state index is 12.1. The van der Waals surface area contributed by atoms with Gasteiger partial charge in [0.25, 0.3) is 0 Å². The second-order valence-corrected chi connectivity index (χ2v) is 6.74. The average Bonchev–Trinajstić information content (AvgIpc) is 2.41. The third-order valence-corrected chi connectivity index (χ3v) is 4.39. The molecule has 0 spiro atoms. The molecule has 4 nitrogen and oxygen atoms in total. The van der Waals surface area contributed by atoms with Crippen LogP contribution < -0.4 is 15.4 Å². The Bertz CT molecular complexity index is 495. The summed E-state index contributed by atoms with van der Waals surface area (Å²) >= 11 is 6.91. The van der Waals surface area contributed by atoms with Crippen molar-refractivity contribution < 1.29 is 9.53 Å². The topological polar surface area (TPSA) is 50.4 Å². The number of methoxy groups -OCH3 is 1. The predicted octanol–water partition coefficient (Wildman–Crippen LogP) is 4.33. The Morgan fingerprint density at radius 1 is 1.29 bits per heavy atom. The van der Waals surface area contributed by atoms with Crippen LogP contribution in [0.2, 0.25) is 0 Å². The fourth-order valence-corrected chi connectivity index (χ4v) is 3.24. The Balaban J connectivity index is 2.74. The number of amides is 1. The molecule has 0 aliphatic rings. The van der Waals surface area contributed by atoms with Crippen molar-refractivity contribution in [2.24, 2.45) is 0 Å². The molecule has 0 aliphatic carbocycles. The summed E-state index contributed by atoms with van der Waals surface area (Å²) in [5.41, 5.74) is 0.820. The first-order valence-electron chi connectivity index (χ1n) is 6.99. The number of hydrogen-bond donors (Lipinski definition) is 2. The summed E-state index contributed by atoms with van der Waals surface area (Å²) in [6.45, 7) is 5.97. The second kappa shape index (κ2) is 8.63. The lowest BCUT2D eigenvalue weighted by Gasteiger charge is -2.20. The van der Waals surface area contributed by atoms with Crippen molar-refractivity contribution in [2.75, 3.05) is 12.4 Å². The number of anilines is 1. The van der Waals surface area contributed by atoms with Gasteiger partial charge in [0, 0.05) is 16.6 Å². The molecule has 0 heterocycles. The van der Waals surface area contributed by atoms with E-state index >= 15 is 0 Å². The lowest BCUT2D eigenvalue weighted by atomic mass is 10.2. The van der Waals surface area contributed by atoms with E-state index in [2.05, 4.69) is 49.4 Å². The van der Waals surface area contributed by atoms with Gasteiger partial charge in [0.15, 0.2) is 0 Å². The number of hydrogen-bond acceptors (Lipinski definition) is 3. The van der Waals surface area contributed by atoms with E-state index in [0.29, 0.717) is 5.75 Å². The zero-order valence-electron chi connectivity index (χ0n) is 12.8. The summed E-state index contributed by atoms with van der Waals surface area (Å²) in [6.07, 6.45) is 2.03. The van der Waals surface area contributed by atoms with Crippen LogP contribution in [0.5, 0.6) is 5.75 Å². The van der Waals surface area contributed by atoms with Gasteiger partial charge in [0.2, 0.25) is 5.91 Å². The molecule has 0 aliphatic heterocycles. The fourth-order valence-electron chi connectivity index (χ4n) is 1.97. The minimum absolute atomic E-state index is 0.00950. The van der Waals surface area contributed by atoms with Gasteiger partial charge in [-0.25, -0.2) is 0 Å². The summed E-state index contributed by atoms with van der Waals surface area (Å²) in [5, 5.41) is 6.20. The monoisotopic (exact) mass is 420 g/mol. The van der Waals surface area contributed by atoms with Gasteiger partial charge in [-0.1, -0.05) is 13.3 Å². The van der Waals surface area contributed by atoms with Crippen LogP contribution in [0.1, 0.15) is 33.6 Å². The van der Waals surface area contributed by atoms with Crippen LogP contribution in [0.15, 0.2) is 21.1 Å². The number of ether oxygens (including phenoxy) is 1. The maximum absolute atomic E-state index is 12.1. The Morgan fingerprint density at radius 2 is 1.95 bits per heavy atom. The molecule has 0 saturated carbocycles. The van der Waals surface area contributed by atoms with Crippen LogP contribution in [-0.4, -0.2) is 25.1 Å². The van der Waals surface area contributed by atoms with Crippen molar-refractivity contribution in [2.45, 2.75) is 45.7 Å². The molecule has 118 valence electrons. The van der Waals surface area contributed by atoms with Gasteiger partial charge < -0.3 is 15.4 Å². The first-order chi connectivity index (χ1) is 9.88. The first-order valence-corrected chi connectivity index (χ1v) is 8.57. The minimum Gasteiger partial charge on any atom is -0.495 e. The van der Waals surface area contributed by atoms with Crippen molar-refractivity contribution in [1.82, 2.24) is 5.32 Å². The normalized spacial score (nSPS) is 13.4. The van der Waals surface area contributed by atoms with E-state index in [-0.39, 0.29) is 18.0 Å². The highest BCUT2D eigenvalue weighted by molar-refractivity contribution is 9.11. The summed E-state index contributed by atoms with van der Waals surface area (Å²) in [6, 6.07) is 3.61. The summed E-state index contributed by atoms with van der Waals surface area (Å²) in [7, 11) is 1.61. The van der Waals surface area contributed by atoms with Crippen molar-refractivity contribution in [1.29, 1.82) is 0 Å². The molecule has 2 N–H and O–H groups in total. The van der Waals surface area contributed by atoms with Crippen molar-refractivity contribution in [3.63, 3.8) is 0 Å². The molecule has 6 heteroatoms. The Morgan fingerprint density at radius 3 is 2.52 bits per heavy atom. The SMILES string of the molecule is CCCC(C)NC(=O)C(C)Nc1cc(OC)c(Br)cc1Br. The van der Waals surface area contributed by atoms with Gasteiger partial charge in [-0.3, -0.25) is 4.79 Å². The summed E-state index contributed by atoms with van der Waals surface area (Å²) < 4.78 is 7.00. The predicted molar refractivity (Wildman–Crippen MR) is 94.0 cm³/mol. The van der Waals surface area contributed by atoms with Gasteiger partial charge in [0.1, 0.15) is 11.8 Å². The van der Waals surface area contributed by atoms with Crippen LogP contribution in [0.25, 0.3) is 0 Å². The van der Waals surface area contributed by atoms with Gasteiger partial charge >= 0.3 is 0 Å². The molecule has 0 radical (unpaired) electrons. The van der Waals surface area contributed by atoms with Crippen LogP contribution in [0, 0.1) is 0 Å². The molecule has 2 atom stereocenters. The van der Waals surface area contributed by atoms with E-state index in [0.717, 1.165) is 27.5 Å². The number of nitrogens with one attached hydrogen (secondary N) is 2. The van der Waals surface area contributed by atoms with Crippen molar-refractivity contribution in [3.05, 3.63) is 21.1 Å². The Hall–Kier alpha value is -0.750. The van der Waals surface area contributed by atoms with Crippen molar-refractivity contribution in [3.8, 4) is 5.75 Å². The molecule has 1 aromatic carbocycles. The number of halogens is 2. The Labute approximate surface area is 143 Å². The molecular formula is C15H22Br2N2O2. The molecule has 0 fully saturated rings. The summed E-state index contributed by atoms with van der Waals surface area (Å²) in [4.78, 5) is 12.1. The third kappa shape index (κ3) is 5.51. The summed E-state index contributed by atoms with van der Waals surface area (Å²) in [5.74, 6) is 0.706. The smallest absolute Gasteiger partial charge is 0.242 e. The van der Waals surface area contributed by atoms with E-state index in [1.807, 2.05) is 26.0 Å². The number of rotatable bonds is 7. The standard InChI is InChI=1S/C15H22Br2N2O2/c1-5-6-9(2)18-15(20)10(3)19-13-8-14(21-4)12(17)7-11(13)16/h7-10,19H,5-6H2,1-4H3,(H,18,20). The van der Waals surface area contributed by atoms with E-state index < -0.39 is 0 Å². The van der Waals surface area contributed by atoms with Gasteiger partial charge in [0.05, 0.1) is 17.3 Å². The molecule has 0 saturated heterocycles. The van der Waals surface area contributed by atoms with Gasteiger partial charge in [-0.15, -0.1) is 0 Å². The zero-order valence-corrected chi connectivity index (χ0v) is 16.0. The van der Waals surface area contributed by atoms with E-state index in [4.69, 9.17) is 4.74 Å². The number of carbonyl (C=O) groups is 1. The van der Waals surface area contributed by atoms with Crippen LogP contribution in [-0.2, 0) is 4.79 Å². The second-order valence-electron chi connectivity index (χ2n) is 5.03. The third-order valence-electron chi connectivity index (χ3n) is 3.12. The van der Waals surface area contributed by atoms with Gasteiger partial charge in [-0.2, -0.15) is 0 Å². The van der Waals surface area contributed by atoms with Crippen LogP contribution in [0.4, 0.5) is 5.69 Å². The fraction of sp³-hybridized carbons (Fsp3) is 0.533. The van der Waals surface area contributed by atoms with Crippen molar-refractivity contribution >= 4 is 43.5 Å². The molecule has 2 unspecified atom stereocenters. The highest BCUT2D eigenvalue weighted by Crippen LogP contribution is 2.34. The quantitative estimate of drug-likeness (QED) is 0.688. The molecule has 21 heavy (non-hydrogen) atoms. The largest absolute Gasteiger partial charge is 0.495 e. The molecule has 1 amide bonds. The van der Waals surface area contributed by atoms with Crippen LogP contribution in [0.3, 0.4) is 0 Å². The zero-order chi connectivity index (χ0) is 16.0. The molecule has 1 rings (SSSR count). The van der Waals surface area contributed by atoms with Gasteiger partial charge in [-0.05, 0) is 58.2 Å². The number of benzene rings is 1. The highest BCUT2D eigenvalue weighted by Gasteiger charge is 2.16. The first kappa shape index (κ1) is 18.3. The van der Waals surface area contributed by atoms with E-state index in [9.17, 15) is 4.79 Å². The maximum Gasteiger partial charge on any atom is 0.242 e. The molecule has 1 aromatic rings. The van der Waals surface area contributed by atoms with E-state index in [1.54, 1.807) is 7.11 Å². The lowest BCUT2D eigenvalue weighted by molar-refractivity contribution is -0.122. The molecule has 0 aromatic heterocycles. The van der Waals surface area contributed by atoms with Crippen LogP contribution >= 0.6 is 31.9 Å². The molecular weight excluding hydrogens is 400 g/mol. The van der Waals surface area contributed by atoms with E-state index in [1.165, 1.54) is 0 Å². The molecule has 0 bridgehead atoms. The highest BCUT2D eigenvalue weighted by atomic mass is 79.9. The average molecular weight is 422 g/mol.